The lowest BCUT2D eigenvalue weighted by Gasteiger charge is -2.39. The molecule has 3 aliphatic rings. The van der Waals surface area contributed by atoms with E-state index in [4.69, 9.17) is 0 Å². The molecule has 0 aromatic heterocycles. The normalized spacial score (nSPS) is 19.5. The molecule has 0 bridgehead atoms. The Hall–Kier alpha value is -3.75. The largest absolute Gasteiger partial charge is 0.371 e. The van der Waals surface area contributed by atoms with Gasteiger partial charge in [0.15, 0.2) is 0 Å². The van der Waals surface area contributed by atoms with E-state index in [1.54, 1.807) is 24.3 Å². The third kappa shape index (κ3) is 5.85. The van der Waals surface area contributed by atoms with Crippen molar-refractivity contribution in [1.82, 2.24) is 14.7 Å². The summed E-state index contributed by atoms with van der Waals surface area (Å²) in [4.78, 5) is 60.1. The van der Waals surface area contributed by atoms with Gasteiger partial charge in [-0.1, -0.05) is 18.2 Å². The minimum absolute atomic E-state index is 0.116. The summed E-state index contributed by atoms with van der Waals surface area (Å²) >= 11 is 0. The molecule has 2 aromatic carbocycles. The van der Waals surface area contributed by atoms with Gasteiger partial charge in [0.25, 0.3) is 11.8 Å². The lowest BCUT2D eigenvalue weighted by Crippen LogP contribution is -2.49. The van der Waals surface area contributed by atoms with Crippen molar-refractivity contribution >= 4 is 29.3 Å². The Morgan fingerprint density at radius 3 is 2.29 bits per heavy atom. The van der Waals surface area contributed by atoms with Gasteiger partial charge in [0.2, 0.25) is 11.8 Å². The van der Waals surface area contributed by atoms with Gasteiger partial charge in [0.1, 0.15) is 5.82 Å². The molecule has 41 heavy (non-hydrogen) atoms. The van der Waals surface area contributed by atoms with Crippen LogP contribution in [0, 0.1) is 17.7 Å². The molecule has 3 heterocycles. The number of piperidine rings is 2. The molecule has 0 N–H and O–H groups in total. The molecule has 2 fully saturated rings. The smallest absolute Gasteiger partial charge is 0.263 e. The minimum atomic E-state index is -0.324. The number of amides is 4. The number of rotatable bonds is 8. The second-order valence-corrected chi connectivity index (χ2v) is 11.2. The molecular weight excluding hydrogens is 523 g/mol. The van der Waals surface area contributed by atoms with Crippen LogP contribution in [-0.2, 0) is 16.0 Å². The summed E-state index contributed by atoms with van der Waals surface area (Å²) in [7, 11) is 0. The predicted molar refractivity (Wildman–Crippen MR) is 154 cm³/mol. The Kier molecular flexibility index (Phi) is 8.71. The van der Waals surface area contributed by atoms with Gasteiger partial charge in [-0.2, -0.15) is 0 Å². The van der Waals surface area contributed by atoms with Crippen molar-refractivity contribution in [1.29, 1.82) is 0 Å². The lowest BCUT2D eigenvalue weighted by molar-refractivity contribution is -0.143. The average molecular weight is 563 g/mol. The van der Waals surface area contributed by atoms with Crippen LogP contribution in [0.5, 0.6) is 0 Å². The Bertz CT molecular complexity index is 1300. The summed E-state index contributed by atoms with van der Waals surface area (Å²) in [5.41, 5.74) is 2.42. The van der Waals surface area contributed by atoms with Gasteiger partial charge >= 0.3 is 0 Å². The average Bonchev–Trinajstić information content (AvgIpc) is 3.26. The summed E-state index contributed by atoms with van der Waals surface area (Å²) in [6, 6.07) is 11.5. The molecule has 2 saturated heterocycles. The van der Waals surface area contributed by atoms with Crippen molar-refractivity contribution in [2.24, 2.45) is 11.8 Å². The molecule has 8 nitrogen and oxygen atoms in total. The summed E-state index contributed by atoms with van der Waals surface area (Å²) in [5, 5.41) is 0. The molecule has 4 amide bonds. The maximum atomic E-state index is 13.5. The first-order valence-electron chi connectivity index (χ1n) is 14.9. The number of benzene rings is 2. The highest BCUT2D eigenvalue weighted by molar-refractivity contribution is 6.23. The number of halogens is 1. The van der Waals surface area contributed by atoms with Crippen LogP contribution in [0.1, 0.15) is 65.8 Å². The number of nitrogens with zero attached hydrogens (tertiary/aromatic N) is 4. The zero-order chi connectivity index (χ0) is 29.1. The van der Waals surface area contributed by atoms with E-state index in [1.807, 2.05) is 29.7 Å². The second-order valence-electron chi connectivity index (χ2n) is 11.2. The molecule has 1 atom stereocenters. The van der Waals surface area contributed by atoms with Gasteiger partial charge in [-0.15, -0.1) is 0 Å². The van der Waals surface area contributed by atoms with Gasteiger partial charge in [-0.25, -0.2) is 4.39 Å². The first-order chi connectivity index (χ1) is 19.8. The second kappa shape index (κ2) is 12.4. The van der Waals surface area contributed by atoms with Gasteiger partial charge in [0, 0.05) is 51.7 Å². The Balaban J connectivity index is 1.21. The number of fused-ring (bicyclic) bond motifs is 1. The van der Waals surface area contributed by atoms with Crippen LogP contribution in [0.4, 0.5) is 10.1 Å². The number of hydrogen-bond acceptors (Lipinski definition) is 5. The fraction of sp³-hybridized carbons (Fsp3) is 0.500. The van der Waals surface area contributed by atoms with E-state index in [0.29, 0.717) is 69.7 Å². The third-order valence-corrected chi connectivity index (χ3v) is 8.86. The molecule has 0 unspecified atom stereocenters. The van der Waals surface area contributed by atoms with Gasteiger partial charge < -0.3 is 14.7 Å². The summed E-state index contributed by atoms with van der Waals surface area (Å²) < 4.78 is 13.3. The standard InChI is InChI=1S/C32H39FN4O4/c1-3-34(4-2)30(39)24-7-6-17-36(21-24)29(38)23-15-18-35(19-16-23)27-9-5-8-26-28(27)32(41)37(31(26)40)20-14-22-10-12-25(33)13-11-22/h5,8-13,23-24H,3-4,6-7,14-21H2,1-2H3/t24-/m1/s1. The van der Waals surface area contributed by atoms with Gasteiger partial charge in [0.05, 0.1) is 22.7 Å². The van der Waals surface area contributed by atoms with Gasteiger partial charge in [-0.3, -0.25) is 24.1 Å². The highest BCUT2D eigenvalue weighted by Gasteiger charge is 2.40. The van der Waals surface area contributed by atoms with Crippen LogP contribution in [0.3, 0.4) is 0 Å². The minimum Gasteiger partial charge on any atom is -0.371 e. The van der Waals surface area contributed by atoms with E-state index in [1.165, 1.54) is 17.0 Å². The van der Waals surface area contributed by atoms with Gasteiger partial charge in [-0.05, 0) is 75.8 Å². The van der Waals surface area contributed by atoms with E-state index in [-0.39, 0.29) is 47.8 Å². The molecule has 3 aliphatic heterocycles. The number of likely N-dealkylation sites (tertiary alicyclic amines) is 1. The fourth-order valence-corrected chi connectivity index (χ4v) is 6.47. The summed E-state index contributed by atoms with van der Waals surface area (Å²) in [5.74, 6) is -0.917. The SMILES string of the molecule is CCN(CC)C(=O)[C@@H]1CCCN(C(=O)C2CCN(c3cccc4c3C(=O)N(CCc3ccc(F)cc3)C4=O)CC2)C1. The van der Waals surface area contributed by atoms with E-state index in [9.17, 15) is 23.6 Å². The monoisotopic (exact) mass is 562 g/mol. The third-order valence-electron chi connectivity index (χ3n) is 8.86. The van der Waals surface area contributed by atoms with E-state index in [2.05, 4.69) is 4.90 Å². The molecule has 5 rings (SSSR count). The molecule has 2 aromatic rings. The maximum Gasteiger partial charge on any atom is 0.263 e. The van der Waals surface area contributed by atoms with Crippen LogP contribution < -0.4 is 4.90 Å². The van der Waals surface area contributed by atoms with Crippen molar-refractivity contribution in [3.05, 3.63) is 65.0 Å². The Morgan fingerprint density at radius 1 is 0.902 bits per heavy atom. The molecule has 9 heteroatoms. The zero-order valence-electron chi connectivity index (χ0n) is 24.0. The zero-order valence-corrected chi connectivity index (χ0v) is 24.0. The van der Waals surface area contributed by atoms with Crippen molar-refractivity contribution in [3.63, 3.8) is 0 Å². The highest BCUT2D eigenvalue weighted by atomic mass is 19.1. The van der Waals surface area contributed by atoms with E-state index < -0.39 is 0 Å². The van der Waals surface area contributed by atoms with Crippen LogP contribution in [0.2, 0.25) is 0 Å². The molecule has 0 radical (unpaired) electrons. The van der Waals surface area contributed by atoms with Crippen LogP contribution in [0.25, 0.3) is 0 Å². The topological polar surface area (TPSA) is 81.2 Å². The molecular formula is C32H39FN4O4. The first kappa shape index (κ1) is 28.8. The highest BCUT2D eigenvalue weighted by Crippen LogP contribution is 2.35. The van der Waals surface area contributed by atoms with Crippen molar-refractivity contribution < 1.29 is 23.6 Å². The fourth-order valence-electron chi connectivity index (χ4n) is 6.47. The van der Waals surface area contributed by atoms with E-state index in [0.717, 1.165) is 24.1 Å². The number of hydrogen-bond donors (Lipinski definition) is 0. The Labute approximate surface area is 241 Å². The van der Waals surface area contributed by atoms with Crippen molar-refractivity contribution in [2.45, 2.75) is 46.0 Å². The first-order valence-corrected chi connectivity index (χ1v) is 14.9. The summed E-state index contributed by atoms with van der Waals surface area (Å²) in [6.07, 6.45) is 3.43. The number of anilines is 1. The number of carbonyl (C=O) groups is 4. The van der Waals surface area contributed by atoms with Crippen molar-refractivity contribution in [3.8, 4) is 0 Å². The predicted octanol–water partition coefficient (Wildman–Crippen LogP) is 3.99. The molecule has 218 valence electrons. The van der Waals surface area contributed by atoms with Crippen LogP contribution >= 0.6 is 0 Å². The van der Waals surface area contributed by atoms with Crippen molar-refractivity contribution in [2.75, 3.05) is 50.7 Å². The molecule has 0 spiro atoms. The number of carbonyl (C=O) groups excluding carboxylic acids is 4. The quantitative estimate of drug-likeness (QED) is 0.455. The summed E-state index contributed by atoms with van der Waals surface area (Å²) in [6.45, 7) is 7.96. The molecule has 0 saturated carbocycles. The van der Waals surface area contributed by atoms with Crippen LogP contribution in [-0.4, -0.2) is 84.1 Å². The lowest BCUT2D eigenvalue weighted by atomic mass is 9.91. The maximum absolute atomic E-state index is 13.5. The molecule has 0 aliphatic carbocycles. The van der Waals surface area contributed by atoms with E-state index >= 15 is 0 Å². The number of imide groups is 1. The van der Waals surface area contributed by atoms with Crippen LogP contribution in [0.15, 0.2) is 42.5 Å². The Morgan fingerprint density at radius 2 is 1.61 bits per heavy atom.